The van der Waals surface area contributed by atoms with Crippen LogP contribution in [-0.4, -0.2) is 9.55 Å². The number of benzene rings is 9. The van der Waals surface area contributed by atoms with Gasteiger partial charge in [0.15, 0.2) is 0 Å². The third kappa shape index (κ3) is 10.7. The Morgan fingerprint density at radius 2 is 1.18 bits per heavy atom. The molecule has 88 heavy (non-hydrogen) atoms. The Balaban J connectivity index is 0.00000832. The average Bonchev–Trinajstić information content (AvgIpc) is 1.60. The first kappa shape index (κ1) is 54.4. The molecule has 0 radical (unpaired) electrons. The van der Waals surface area contributed by atoms with Gasteiger partial charge in [-0.2, -0.15) is 6.07 Å². The van der Waals surface area contributed by atoms with Gasteiger partial charge in [0.25, 0.3) is 0 Å². The predicted octanol–water partition coefficient (Wildman–Crippen LogP) is 23.5. The van der Waals surface area contributed by atoms with Crippen LogP contribution in [0.25, 0.3) is 81.2 Å². The Labute approximate surface area is 547 Å². The summed E-state index contributed by atoms with van der Waals surface area (Å²) in [5, 5.41) is 4.64. The molecular formula is C81H79N4OPtS-3. The van der Waals surface area contributed by atoms with Crippen LogP contribution in [0.1, 0.15) is 150 Å². The van der Waals surface area contributed by atoms with Crippen molar-refractivity contribution in [1.82, 2.24) is 9.55 Å². The molecule has 5 nitrogen and oxygen atoms in total. The number of hydrogen-bond donors (Lipinski definition) is 0. The van der Waals surface area contributed by atoms with Gasteiger partial charge in [0, 0.05) is 92.6 Å². The standard InChI is InChI=1S/C81H79N4OS.Pt/c1-50(2)61-28-23-29-62(51(3)4)74(61)54-43-58(83-49-84(69-33-21-20-32-68(69)83)76-63(52-25-17-16-18-26-52)30-24-31-64(76)53-41-56(78(5,6)7)45-57(42-53)79(8,9)10)47-60(44-54)86-59-35-36-67-71(48-59)85(73-46-55(39-40-82-73)81(14,15)80(11,12)13)70-38-37-66-65-27-19-22-34-72(65)87-77(66)75(67)70;/h16-46,49-51H,1-15H3;/q-3;/i16D,17D,18D,25D,26D;. The molecule has 13 rings (SSSR count). The van der Waals surface area contributed by atoms with E-state index in [1.807, 2.05) is 47.9 Å². The fourth-order valence-electron chi connectivity index (χ4n) is 12.5. The van der Waals surface area contributed by atoms with E-state index in [9.17, 15) is 2.74 Å². The van der Waals surface area contributed by atoms with E-state index in [2.05, 4.69) is 258 Å². The number of thiophene rings is 1. The van der Waals surface area contributed by atoms with Crippen molar-refractivity contribution >= 4 is 76.1 Å². The van der Waals surface area contributed by atoms with Gasteiger partial charge in [-0.15, -0.1) is 65.0 Å². The maximum atomic E-state index is 9.48. The number of fused-ring (bicyclic) bond motifs is 8. The molecule has 4 heterocycles. The summed E-state index contributed by atoms with van der Waals surface area (Å²) in [6, 6.07) is 59.5. The zero-order valence-corrected chi connectivity index (χ0v) is 56.3. The summed E-state index contributed by atoms with van der Waals surface area (Å²) in [5.74, 6) is 2.18. The minimum atomic E-state index is -0.442. The molecule has 0 N–H and O–H groups in total. The monoisotopic (exact) mass is 1360 g/mol. The number of ether oxygens (including phenoxy) is 1. The first-order valence-corrected chi connectivity index (χ1v) is 31.4. The molecule has 448 valence electrons. The van der Waals surface area contributed by atoms with Crippen molar-refractivity contribution in [2.24, 2.45) is 5.41 Å². The van der Waals surface area contributed by atoms with Gasteiger partial charge in [-0.05, 0) is 120 Å². The summed E-state index contributed by atoms with van der Waals surface area (Å²) in [7, 11) is 0. The molecule has 0 atom stereocenters. The molecule has 0 unspecified atom stereocenters. The van der Waals surface area contributed by atoms with Gasteiger partial charge in [0.1, 0.15) is 5.82 Å². The zero-order chi connectivity index (χ0) is 65.4. The van der Waals surface area contributed by atoms with Crippen molar-refractivity contribution in [3.05, 3.63) is 235 Å². The van der Waals surface area contributed by atoms with Crippen molar-refractivity contribution < 1.29 is 32.7 Å². The molecule has 3 aromatic heterocycles. The third-order valence-electron chi connectivity index (χ3n) is 18.4. The molecule has 1 aliphatic rings. The van der Waals surface area contributed by atoms with E-state index in [-0.39, 0.29) is 72.2 Å². The van der Waals surface area contributed by atoms with Crippen LogP contribution in [0.2, 0.25) is 0 Å². The van der Waals surface area contributed by atoms with Crippen LogP contribution in [0, 0.1) is 24.2 Å². The summed E-state index contributed by atoms with van der Waals surface area (Å²) in [4.78, 5) is 9.41. The topological polar surface area (TPSA) is 33.5 Å². The third-order valence-corrected chi connectivity index (χ3v) is 19.6. The quantitative estimate of drug-likeness (QED) is 0.121. The van der Waals surface area contributed by atoms with Gasteiger partial charge in [-0.3, -0.25) is 0 Å². The fraction of sp³-hybridized carbons (Fsp3) is 0.259. The van der Waals surface area contributed by atoms with Crippen LogP contribution in [0.3, 0.4) is 0 Å². The number of aromatic nitrogens is 2. The molecule has 0 aliphatic carbocycles. The SMILES string of the molecule is [2H]c1c([2H])c([2H])c(-c2cccc(-c3cc(C(C)(C)C)cc(C(C)(C)C)c3)c2N2[CH-]N(c3[c-]c(Oc4[c-]c5c(cc4)c4c6sc7ccccc7c6ccc4n5-c4cc(C(C)(C)C(C)(C)C)ccn4)cc(-c4c(C(C)C)cccc4C(C)C)c3)c3ccccc32)c([2H])c1[2H].[Pt]. The van der Waals surface area contributed by atoms with Crippen molar-refractivity contribution in [2.75, 3.05) is 9.80 Å². The van der Waals surface area contributed by atoms with E-state index >= 15 is 0 Å². The number of rotatable bonds is 11. The maximum Gasteiger partial charge on any atom is 0.135 e. The molecule has 1 aliphatic heterocycles. The first-order valence-electron chi connectivity index (χ1n) is 33.1. The van der Waals surface area contributed by atoms with E-state index in [1.54, 1.807) is 0 Å². The Morgan fingerprint density at radius 1 is 0.557 bits per heavy atom. The van der Waals surface area contributed by atoms with Crippen molar-refractivity contribution in [3.63, 3.8) is 0 Å². The van der Waals surface area contributed by atoms with Crippen LogP contribution < -0.4 is 14.5 Å². The van der Waals surface area contributed by atoms with Crippen LogP contribution in [0.4, 0.5) is 22.7 Å². The number of pyridine rings is 1. The van der Waals surface area contributed by atoms with Gasteiger partial charge < -0.3 is 19.1 Å². The summed E-state index contributed by atoms with van der Waals surface area (Å²) < 4.78 is 57.5. The summed E-state index contributed by atoms with van der Waals surface area (Å²) >= 11 is 1.82. The molecule has 0 fully saturated rings. The molecule has 7 heteroatoms. The van der Waals surface area contributed by atoms with Gasteiger partial charge in [-0.25, -0.2) is 4.98 Å². The van der Waals surface area contributed by atoms with Crippen LogP contribution >= 0.6 is 11.3 Å². The normalized spacial score (nSPS) is 14.0. The Kier molecular flexibility index (Phi) is 14.0. The number of anilines is 4. The van der Waals surface area contributed by atoms with Crippen LogP contribution in [0.15, 0.2) is 188 Å². The van der Waals surface area contributed by atoms with E-state index in [1.165, 1.54) is 36.9 Å². The van der Waals surface area contributed by atoms with Crippen LogP contribution in [0.5, 0.6) is 11.5 Å². The molecule has 9 aromatic carbocycles. The summed E-state index contributed by atoms with van der Waals surface area (Å²) in [6.07, 6.45) is 1.94. The molecule has 0 saturated heterocycles. The van der Waals surface area contributed by atoms with Crippen molar-refractivity contribution in [1.29, 1.82) is 0 Å². The van der Waals surface area contributed by atoms with Gasteiger partial charge in [-0.1, -0.05) is 231 Å². The molecule has 12 aromatic rings. The molecule has 0 saturated carbocycles. The molecule has 0 spiro atoms. The fourth-order valence-corrected chi connectivity index (χ4v) is 13.7. The maximum absolute atomic E-state index is 9.48. The molecule has 0 bridgehead atoms. The number of nitrogens with zero attached hydrogens (tertiary/aromatic N) is 4. The average molecular weight is 1360 g/mol. The minimum Gasteiger partial charge on any atom is -0.509 e. The molecule has 0 amide bonds. The van der Waals surface area contributed by atoms with Gasteiger partial charge in [0.2, 0.25) is 0 Å². The number of para-hydroxylation sites is 3. The van der Waals surface area contributed by atoms with E-state index in [0.717, 1.165) is 72.4 Å². The van der Waals surface area contributed by atoms with Crippen molar-refractivity contribution in [2.45, 2.75) is 132 Å². The summed E-state index contributed by atoms with van der Waals surface area (Å²) in [5.41, 5.74) is 14.7. The second kappa shape index (κ2) is 22.7. The van der Waals surface area contributed by atoms with E-state index in [4.69, 9.17) is 13.8 Å². The predicted molar refractivity (Wildman–Crippen MR) is 371 cm³/mol. The van der Waals surface area contributed by atoms with Crippen molar-refractivity contribution in [3.8, 4) is 50.7 Å². The largest absolute Gasteiger partial charge is 0.509 e. The second-order valence-electron chi connectivity index (χ2n) is 27.8. The van der Waals surface area contributed by atoms with Crippen LogP contribution in [-0.2, 0) is 37.3 Å². The van der Waals surface area contributed by atoms with Gasteiger partial charge in [0.05, 0.1) is 6.85 Å². The van der Waals surface area contributed by atoms with E-state index in [0.29, 0.717) is 28.4 Å². The molecular weight excluding hydrogens is 1270 g/mol. The zero-order valence-electron chi connectivity index (χ0n) is 58.2. The minimum absolute atomic E-state index is 0. The van der Waals surface area contributed by atoms with E-state index < -0.39 is 18.1 Å². The first-order chi connectivity index (χ1) is 43.5. The van der Waals surface area contributed by atoms with Gasteiger partial charge >= 0.3 is 0 Å². The number of hydrogen-bond acceptors (Lipinski definition) is 5. The second-order valence-corrected chi connectivity index (χ2v) is 28.9. The Morgan fingerprint density at radius 3 is 1.84 bits per heavy atom. The summed E-state index contributed by atoms with van der Waals surface area (Å²) in [6.45, 7) is 35.9. The Hall–Kier alpha value is -7.76. The Bertz CT molecular complexity index is 4870. The smallest absolute Gasteiger partial charge is 0.135 e.